The number of hydrogen-bond acceptors (Lipinski definition) is 3. The maximum Gasteiger partial charge on any atom is 0.308 e. The Labute approximate surface area is 135 Å². The van der Waals surface area contributed by atoms with Gasteiger partial charge in [0.05, 0.1) is 5.92 Å². The highest BCUT2D eigenvalue weighted by atomic mass is 16.4. The topological polar surface area (TPSA) is 86.7 Å². The summed E-state index contributed by atoms with van der Waals surface area (Å²) in [5.74, 6) is -1.59. The normalized spacial score (nSPS) is 18.8. The summed E-state index contributed by atoms with van der Waals surface area (Å²) in [7, 11) is 0. The minimum absolute atomic E-state index is 0.0138. The number of rotatable bonds is 6. The van der Waals surface area contributed by atoms with Gasteiger partial charge in [-0.05, 0) is 24.1 Å². The molecule has 0 aromatic heterocycles. The molecule has 2 unspecified atom stereocenters. The van der Waals surface area contributed by atoms with Crippen LogP contribution in [0.5, 0.6) is 0 Å². The molecule has 1 fully saturated rings. The molecule has 6 heteroatoms. The molecule has 6 nitrogen and oxygen atoms in total. The van der Waals surface area contributed by atoms with Gasteiger partial charge in [-0.2, -0.15) is 0 Å². The van der Waals surface area contributed by atoms with E-state index in [4.69, 9.17) is 5.11 Å². The van der Waals surface area contributed by atoms with Gasteiger partial charge in [-0.1, -0.05) is 26.3 Å². The predicted octanol–water partition coefficient (Wildman–Crippen LogP) is 2.50. The van der Waals surface area contributed by atoms with Crippen LogP contribution in [-0.4, -0.2) is 29.4 Å². The lowest BCUT2D eigenvalue weighted by Crippen LogP contribution is -2.26. The molecule has 2 amide bonds. The molecule has 1 aromatic carbocycles. The number of amides is 2. The van der Waals surface area contributed by atoms with Gasteiger partial charge in [0.2, 0.25) is 11.8 Å². The molecule has 1 heterocycles. The molecule has 23 heavy (non-hydrogen) atoms. The predicted molar refractivity (Wildman–Crippen MR) is 87.2 cm³/mol. The number of carbonyl (C=O) groups is 3. The monoisotopic (exact) mass is 318 g/mol. The first kappa shape index (κ1) is 17.0. The Morgan fingerprint density at radius 1 is 1.43 bits per heavy atom. The zero-order valence-electron chi connectivity index (χ0n) is 13.4. The summed E-state index contributed by atoms with van der Waals surface area (Å²) in [6.07, 6.45) is 1.40. The number of carbonyl (C=O) groups excluding carboxylic acids is 2. The van der Waals surface area contributed by atoms with E-state index in [2.05, 4.69) is 5.32 Å². The number of anilines is 2. The van der Waals surface area contributed by atoms with Crippen molar-refractivity contribution in [3.8, 4) is 0 Å². The molecule has 2 atom stereocenters. The first-order valence-electron chi connectivity index (χ1n) is 7.83. The molecule has 0 spiro atoms. The average molecular weight is 318 g/mol. The molecule has 1 aliphatic heterocycles. The fraction of sp³-hybridized carbons (Fsp3) is 0.471. The van der Waals surface area contributed by atoms with Crippen molar-refractivity contribution >= 4 is 29.2 Å². The highest BCUT2D eigenvalue weighted by Crippen LogP contribution is 2.27. The van der Waals surface area contributed by atoms with E-state index in [-0.39, 0.29) is 24.8 Å². The number of hydrogen-bond donors (Lipinski definition) is 2. The van der Waals surface area contributed by atoms with E-state index in [1.54, 1.807) is 24.3 Å². The van der Waals surface area contributed by atoms with Gasteiger partial charge in [-0.3, -0.25) is 14.4 Å². The zero-order valence-corrected chi connectivity index (χ0v) is 13.4. The second kappa shape index (κ2) is 7.26. The summed E-state index contributed by atoms with van der Waals surface area (Å²) in [5, 5.41) is 11.9. The number of carboxylic acid groups (broad SMARTS) is 1. The van der Waals surface area contributed by atoms with Gasteiger partial charge in [0, 0.05) is 30.8 Å². The zero-order chi connectivity index (χ0) is 17.0. The molecule has 0 bridgehead atoms. The van der Waals surface area contributed by atoms with Crippen LogP contribution < -0.4 is 10.2 Å². The van der Waals surface area contributed by atoms with E-state index in [9.17, 15) is 14.4 Å². The summed E-state index contributed by atoms with van der Waals surface area (Å²) in [5.41, 5.74) is 1.22. The smallest absolute Gasteiger partial charge is 0.308 e. The van der Waals surface area contributed by atoms with Crippen molar-refractivity contribution in [1.82, 2.24) is 0 Å². The van der Waals surface area contributed by atoms with Gasteiger partial charge in [-0.15, -0.1) is 0 Å². The van der Waals surface area contributed by atoms with Crippen molar-refractivity contribution in [1.29, 1.82) is 0 Å². The highest BCUT2D eigenvalue weighted by Gasteiger charge is 2.35. The second-order valence-corrected chi connectivity index (χ2v) is 6.06. The summed E-state index contributed by atoms with van der Waals surface area (Å²) in [6, 6.07) is 6.95. The summed E-state index contributed by atoms with van der Waals surface area (Å²) >= 11 is 0. The standard InChI is InChI=1S/C17H22N2O4/c1-3-11(2)7-15(20)18-13-5-4-6-14(9-13)19-10-12(17(22)23)8-16(19)21/h4-6,9,11-12H,3,7-8,10H2,1-2H3,(H,18,20)(H,22,23). The molecule has 0 aliphatic carbocycles. The lowest BCUT2D eigenvalue weighted by atomic mass is 10.1. The Morgan fingerprint density at radius 3 is 2.78 bits per heavy atom. The molecule has 0 saturated carbocycles. The van der Waals surface area contributed by atoms with Crippen LogP contribution in [-0.2, 0) is 14.4 Å². The van der Waals surface area contributed by atoms with E-state index in [1.165, 1.54) is 4.90 Å². The third-order valence-electron chi connectivity index (χ3n) is 4.15. The van der Waals surface area contributed by atoms with Crippen molar-refractivity contribution < 1.29 is 19.5 Å². The number of benzene rings is 1. The van der Waals surface area contributed by atoms with Crippen LogP contribution in [0.1, 0.15) is 33.1 Å². The Balaban J connectivity index is 2.07. The number of aliphatic carboxylic acids is 1. The van der Waals surface area contributed by atoms with E-state index in [0.29, 0.717) is 23.7 Å². The van der Waals surface area contributed by atoms with Crippen LogP contribution in [0.2, 0.25) is 0 Å². The van der Waals surface area contributed by atoms with Crippen molar-refractivity contribution in [3.05, 3.63) is 24.3 Å². The molecular weight excluding hydrogens is 296 g/mol. The molecular formula is C17H22N2O4. The molecule has 1 aromatic rings. The van der Waals surface area contributed by atoms with Gasteiger partial charge in [0.15, 0.2) is 0 Å². The first-order chi connectivity index (χ1) is 10.9. The van der Waals surface area contributed by atoms with Crippen LogP contribution >= 0.6 is 0 Å². The average Bonchev–Trinajstić information content (AvgIpc) is 2.89. The van der Waals surface area contributed by atoms with Crippen LogP contribution in [0.3, 0.4) is 0 Å². The Hall–Kier alpha value is -2.37. The molecule has 0 radical (unpaired) electrons. The lowest BCUT2D eigenvalue weighted by Gasteiger charge is -2.17. The fourth-order valence-electron chi connectivity index (χ4n) is 2.55. The third kappa shape index (κ3) is 4.31. The van der Waals surface area contributed by atoms with E-state index < -0.39 is 11.9 Å². The van der Waals surface area contributed by atoms with Crippen LogP contribution in [0.25, 0.3) is 0 Å². The number of carboxylic acids is 1. The molecule has 2 N–H and O–H groups in total. The van der Waals surface area contributed by atoms with Gasteiger partial charge in [0.25, 0.3) is 0 Å². The maximum atomic E-state index is 12.0. The summed E-state index contributed by atoms with van der Waals surface area (Å²) in [4.78, 5) is 36.4. The first-order valence-corrected chi connectivity index (χ1v) is 7.83. The SMILES string of the molecule is CCC(C)CC(=O)Nc1cccc(N2CC(C(=O)O)CC2=O)c1. The van der Waals surface area contributed by atoms with Gasteiger partial charge in [-0.25, -0.2) is 0 Å². The second-order valence-electron chi connectivity index (χ2n) is 6.06. The highest BCUT2D eigenvalue weighted by molar-refractivity contribution is 6.00. The fourth-order valence-corrected chi connectivity index (χ4v) is 2.55. The van der Waals surface area contributed by atoms with E-state index >= 15 is 0 Å². The van der Waals surface area contributed by atoms with E-state index in [1.807, 2.05) is 13.8 Å². The number of nitrogens with zero attached hydrogens (tertiary/aromatic N) is 1. The quantitative estimate of drug-likeness (QED) is 0.843. The third-order valence-corrected chi connectivity index (χ3v) is 4.15. The van der Waals surface area contributed by atoms with Crippen molar-refractivity contribution in [2.75, 3.05) is 16.8 Å². The Kier molecular flexibility index (Phi) is 5.36. The van der Waals surface area contributed by atoms with Crippen molar-refractivity contribution in [3.63, 3.8) is 0 Å². The summed E-state index contributed by atoms with van der Waals surface area (Å²) in [6.45, 7) is 4.22. The van der Waals surface area contributed by atoms with Gasteiger partial charge < -0.3 is 15.3 Å². The molecule has 1 saturated heterocycles. The van der Waals surface area contributed by atoms with Crippen LogP contribution in [0, 0.1) is 11.8 Å². The molecule has 1 aliphatic rings. The van der Waals surface area contributed by atoms with Crippen molar-refractivity contribution in [2.24, 2.45) is 11.8 Å². The maximum absolute atomic E-state index is 12.0. The summed E-state index contributed by atoms with van der Waals surface area (Å²) < 4.78 is 0. The van der Waals surface area contributed by atoms with Crippen molar-refractivity contribution in [2.45, 2.75) is 33.1 Å². The molecule has 124 valence electrons. The lowest BCUT2D eigenvalue weighted by molar-refractivity contribution is -0.141. The Bertz CT molecular complexity index is 614. The van der Waals surface area contributed by atoms with Crippen LogP contribution in [0.4, 0.5) is 11.4 Å². The van der Waals surface area contributed by atoms with Gasteiger partial charge in [0.1, 0.15) is 0 Å². The largest absolute Gasteiger partial charge is 0.481 e. The Morgan fingerprint density at radius 2 is 2.17 bits per heavy atom. The van der Waals surface area contributed by atoms with E-state index in [0.717, 1.165) is 6.42 Å². The van der Waals surface area contributed by atoms with Gasteiger partial charge >= 0.3 is 5.97 Å². The minimum Gasteiger partial charge on any atom is -0.481 e. The van der Waals surface area contributed by atoms with Crippen LogP contribution in [0.15, 0.2) is 24.3 Å². The minimum atomic E-state index is -0.959. The molecule has 2 rings (SSSR count). The number of nitrogens with one attached hydrogen (secondary N) is 1.